The number of hydrogen-bond donors (Lipinski definition) is 2. The summed E-state index contributed by atoms with van der Waals surface area (Å²) in [5.74, 6) is 2.33. The maximum Gasteiger partial charge on any atom is 0.269 e. The zero-order valence-electron chi connectivity index (χ0n) is 21.6. The molecule has 2 aromatic carbocycles. The van der Waals surface area contributed by atoms with Crippen LogP contribution in [0.15, 0.2) is 79.3 Å². The Hall–Kier alpha value is -4.92. The molecule has 9 heteroatoms. The number of nitrogens with one attached hydrogen (secondary N) is 2. The van der Waals surface area contributed by atoms with Crippen molar-refractivity contribution in [2.45, 2.75) is 20.0 Å². The number of fused-ring (bicyclic) bond motifs is 1. The standard InChI is InChI=1S/C29H28N6O3/c1-18(2)37-27-8-5-20(15-23(27)19-9-12-31-13-10-19)33-29-34-24-16-21(6-7-26(24)35(29)4)38-22-11-14-32-25(17-22)28(36)30-3/h5-18H,1-4H3,(H,30,36)(H,33,34). The fourth-order valence-corrected chi connectivity index (χ4v) is 4.07. The topological polar surface area (TPSA) is 103 Å². The fourth-order valence-electron chi connectivity index (χ4n) is 4.07. The van der Waals surface area contributed by atoms with E-state index in [1.54, 1.807) is 37.8 Å². The molecule has 5 aromatic rings. The van der Waals surface area contributed by atoms with E-state index in [1.807, 2.05) is 67.9 Å². The number of ether oxygens (including phenoxy) is 2. The summed E-state index contributed by atoms with van der Waals surface area (Å²) in [6, 6.07) is 18.9. The van der Waals surface area contributed by atoms with Crippen LogP contribution in [-0.2, 0) is 7.05 Å². The van der Waals surface area contributed by atoms with Crippen LogP contribution in [0.1, 0.15) is 24.3 Å². The van der Waals surface area contributed by atoms with Crippen LogP contribution in [0.25, 0.3) is 22.2 Å². The molecule has 1 amide bonds. The lowest BCUT2D eigenvalue weighted by atomic mass is 10.1. The van der Waals surface area contributed by atoms with Crippen molar-refractivity contribution in [3.8, 4) is 28.4 Å². The summed E-state index contributed by atoms with van der Waals surface area (Å²) in [5.41, 5.74) is 4.85. The summed E-state index contributed by atoms with van der Waals surface area (Å²) < 4.78 is 14.0. The lowest BCUT2D eigenvalue weighted by molar-refractivity contribution is 0.0958. The number of aromatic nitrogens is 4. The average Bonchev–Trinajstić information content (AvgIpc) is 3.23. The van der Waals surface area contributed by atoms with Crippen molar-refractivity contribution in [2.24, 2.45) is 7.05 Å². The lowest BCUT2D eigenvalue weighted by Crippen LogP contribution is -2.18. The number of aryl methyl sites for hydroxylation is 1. The van der Waals surface area contributed by atoms with Crippen LogP contribution < -0.4 is 20.1 Å². The Kier molecular flexibility index (Phi) is 6.90. The molecule has 3 aromatic heterocycles. The minimum absolute atomic E-state index is 0.0492. The van der Waals surface area contributed by atoms with Gasteiger partial charge >= 0.3 is 0 Å². The van der Waals surface area contributed by atoms with Crippen LogP contribution in [0.5, 0.6) is 17.2 Å². The number of benzene rings is 2. The number of carbonyl (C=O) groups excluding carboxylic acids is 1. The Morgan fingerprint density at radius 3 is 2.50 bits per heavy atom. The highest BCUT2D eigenvalue weighted by atomic mass is 16.5. The Morgan fingerprint density at radius 2 is 1.74 bits per heavy atom. The number of anilines is 2. The minimum Gasteiger partial charge on any atom is -0.490 e. The molecule has 5 rings (SSSR count). The van der Waals surface area contributed by atoms with E-state index in [0.717, 1.165) is 33.6 Å². The van der Waals surface area contributed by atoms with Crippen LogP contribution >= 0.6 is 0 Å². The van der Waals surface area contributed by atoms with Crippen LogP contribution in [-0.4, -0.2) is 38.6 Å². The molecule has 0 aliphatic carbocycles. The molecular formula is C29H28N6O3. The molecule has 0 radical (unpaired) electrons. The number of hydrogen-bond acceptors (Lipinski definition) is 7. The summed E-state index contributed by atoms with van der Waals surface area (Å²) in [7, 11) is 3.52. The molecule has 3 heterocycles. The second-order valence-electron chi connectivity index (χ2n) is 8.94. The van der Waals surface area contributed by atoms with Crippen LogP contribution in [0, 0.1) is 0 Å². The first-order chi connectivity index (χ1) is 18.4. The Balaban J connectivity index is 1.42. The third-order valence-electron chi connectivity index (χ3n) is 5.87. The molecule has 0 saturated heterocycles. The normalized spacial score (nSPS) is 11.0. The van der Waals surface area contributed by atoms with E-state index in [0.29, 0.717) is 17.4 Å². The summed E-state index contributed by atoms with van der Waals surface area (Å²) >= 11 is 0. The highest BCUT2D eigenvalue weighted by Gasteiger charge is 2.14. The van der Waals surface area contributed by atoms with Crippen molar-refractivity contribution < 1.29 is 14.3 Å². The Labute approximate surface area is 220 Å². The number of carbonyl (C=O) groups is 1. The zero-order chi connectivity index (χ0) is 26.6. The molecule has 0 bridgehead atoms. The molecule has 0 unspecified atom stereocenters. The van der Waals surface area contributed by atoms with Crippen LogP contribution in [0.3, 0.4) is 0 Å². The van der Waals surface area contributed by atoms with Gasteiger partial charge in [-0.15, -0.1) is 0 Å². The number of nitrogens with zero attached hydrogens (tertiary/aromatic N) is 4. The van der Waals surface area contributed by atoms with Crippen molar-refractivity contribution >= 4 is 28.6 Å². The quantitative estimate of drug-likeness (QED) is 0.277. The number of pyridine rings is 2. The van der Waals surface area contributed by atoms with Gasteiger partial charge < -0.3 is 24.7 Å². The van der Waals surface area contributed by atoms with E-state index in [-0.39, 0.29) is 17.7 Å². The second-order valence-corrected chi connectivity index (χ2v) is 8.94. The van der Waals surface area contributed by atoms with E-state index >= 15 is 0 Å². The average molecular weight is 509 g/mol. The summed E-state index contributed by atoms with van der Waals surface area (Å²) in [6.45, 7) is 4.02. The SMILES string of the molecule is CNC(=O)c1cc(Oc2ccc3c(c2)nc(Nc2ccc(OC(C)C)c(-c4ccncc4)c2)n3C)ccn1. The Bertz CT molecular complexity index is 1600. The molecule has 0 saturated carbocycles. The first-order valence-electron chi connectivity index (χ1n) is 12.2. The van der Waals surface area contributed by atoms with E-state index in [9.17, 15) is 4.79 Å². The van der Waals surface area contributed by atoms with Gasteiger partial charge in [-0.1, -0.05) is 0 Å². The summed E-state index contributed by atoms with van der Waals surface area (Å²) in [6.07, 6.45) is 5.13. The molecule has 0 spiro atoms. The molecule has 0 aliphatic rings. The van der Waals surface area contributed by atoms with Crippen molar-refractivity contribution in [3.63, 3.8) is 0 Å². The van der Waals surface area contributed by atoms with Gasteiger partial charge in [0.25, 0.3) is 5.91 Å². The minimum atomic E-state index is -0.276. The first-order valence-corrected chi connectivity index (χ1v) is 12.2. The van der Waals surface area contributed by atoms with Gasteiger partial charge in [-0.25, -0.2) is 4.98 Å². The number of rotatable bonds is 8. The molecular weight excluding hydrogens is 480 g/mol. The first kappa shape index (κ1) is 24.8. The zero-order valence-corrected chi connectivity index (χ0v) is 21.6. The van der Waals surface area contributed by atoms with Gasteiger partial charge in [0.05, 0.1) is 17.1 Å². The van der Waals surface area contributed by atoms with E-state index in [2.05, 4.69) is 26.7 Å². The second kappa shape index (κ2) is 10.6. The van der Waals surface area contributed by atoms with Gasteiger partial charge in [-0.05, 0) is 67.9 Å². The summed E-state index contributed by atoms with van der Waals surface area (Å²) in [4.78, 5) is 24.9. The van der Waals surface area contributed by atoms with Crippen molar-refractivity contribution in [3.05, 3.63) is 84.9 Å². The molecule has 0 atom stereocenters. The monoisotopic (exact) mass is 508 g/mol. The highest BCUT2D eigenvalue weighted by molar-refractivity contribution is 5.92. The van der Waals surface area contributed by atoms with Gasteiger partial charge in [0.2, 0.25) is 5.95 Å². The molecule has 0 aliphatic heterocycles. The van der Waals surface area contributed by atoms with Crippen molar-refractivity contribution in [2.75, 3.05) is 12.4 Å². The molecule has 9 nitrogen and oxygen atoms in total. The van der Waals surface area contributed by atoms with Gasteiger partial charge in [-0.3, -0.25) is 14.8 Å². The molecule has 2 N–H and O–H groups in total. The van der Waals surface area contributed by atoms with E-state index in [1.165, 1.54) is 0 Å². The van der Waals surface area contributed by atoms with E-state index in [4.69, 9.17) is 14.5 Å². The third-order valence-corrected chi connectivity index (χ3v) is 5.87. The molecule has 38 heavy (non-hydrogen) atoms. The number of amides is 1. The lowest BCUT2D eigenvalue weighted by Gasteiger charge is -2.16. The predicted molar refractivity (Wildman–Crippen MR) is 147 cm³/mol. The van der Waals surface area contributed by atoms with Crippen molar-refractivity contribution in [1.29, 1.82) is 0 Å². The van der Waals surface area contributed by atoms with Crippen molar-refractivity contribution in [1.82, 2.24) is 24.8 Å². The van der Waals surface area contributed by atoms with Gasteiger partial charge in [0.15, 0.2) is 0 Å². The van der Waals surface area contributed by atoms with Crippen LogP contribution in [0.4, 0.5) is 11.6 Å². The van der Waals surface area contributed by atoms with Crippen LogP contribution in [0.2, 0.25) is 0 Å². The largest absolute Gasteiger partial charge is 0.490 e. The predicted octanol–water partition coefficient (Wildman–Crippen LogP) is 5.71. The fraction of sp³-hybridized carbons (Fsp3) is 0.172. The smallest absolute Gasteiger partial charge is 0.269 e. The maximum atomic E-state index is 11.9. The van der Waals surface area contributed by atoms with Gasteiger partial charge in [0, 0.05) is 56.1 Å². The van der Waals surface area contributed by atoms with E-state index < -0.39 is 0 Å². The van der Waals surface area contributed by atoms with Gasteiger partial charge in [0.1, 0.15) is 22.9 Å². The third kappa shape index (κ3) is 5.27. The van der Waals surface area contributed by atoms with Gasteiger partial charge in [-0.2, -0.15) is 0 Å². The summed E-state index contributed by atoms with van der Waals surface area (Å²) in [5, 5.41) is 6.00. The number of imidazole rings is 1. The highest BCUT2D eigenvalue weighted by Crippen LogP contribution is 2.35. The Morgan fingerprint density at radius 1 is 0.947 bits per heavy atom. The molecule has 192 valence electrons. The molecule has 0 fully saturated rings. The maximum absolute atomic E-state index is 11.9.